The number of carbonyl (C=O) groups is 1. The van der Waals surface area contributed by atoms with Crippen LogP contribution in [0.3, 0.4) is 0 Å². The van der Waals surface area contributed by atoms with E-state index in [2.05, 4.69) is 16.3 Å². The Hall–Kier alpha value is -0.670. The van der Waals surface area contributed by atoms with E-state index in [-0.39, 0.29) is 5.41 Å². The van der Waals surface area contributed by atoms with Crippen molar-refractivity contribution in [2.24, 2.45) is 5.41 Å². The monoisotopic (exact) mass is 263 g/mol. The van der Waals surface area contributed by atoms with E-state index < -0.39 is 0 Å². The summed E-state index contributed by atoms with van der Waals surface area (Å²) in [5.74, 6) is 0. The molecular formula is C15H21NOS. The summed E-state index contributed by atoms with van der Waals surface area (Å²) in [5, 5.41) is 2.20. The molecule has 18 heavy (non-hydrogen) atoms. The molecule has 1 aromatic heterocycles. The third-order valence-electron chi connectivity index (χ3n) is 4.52. The van der Waals surface area contributed by atoms with Crippen LogP contribution in [0.25, 0.3) is 0 Å². The number of fused-ring (bicyclic) bond motifs is 1. The summed E-state index contributed by atoms with van der Waals surface area (Å²) < 4.78 is 0. The Balaban J connectivity index is 1.68. The van der Waals surface area contributed by atoms with E-state index in [4.69, 9.17) is 0 Å². The molecule has 0 bridgehead atoms. The molecule has 2 nitrogen and oxygen atoms in total. The van der Waals surface area contributed by atoms with Gasteiger partial charge >= 0.3 is 0 Å². The fourth-order valence-electron chi connectivity index (χ4n) is 3.46. The van der Waals surface area contributed by atoms with Crippen molar-refractivity contribution in [3.63, 3.8) is 0 Å². The topological polar surface area (TPSA) is 20.3 Å². The molecule has 98 valence electrons. The van der Waals surface area contributed by atoms with Gasteiger partial charge in [-0.25, -0.2) is 0 Å². The van der Waals surface area contributed by atoms with Crippen molar-refractivity contribution in [1.82, 2.24) is 4.90 Å². The molecule has 0 saturated heterocycles. The van der Waals surface area contributed by atoms with Gasteiger partial charge in [0.05, 0.1) is 0 Å². The van der Waals surface area contributed by atoms with Crippen LogP contribution in [0.5, 0.6) is 0 Å². The SMILES string of the molecule is O=CC1(CN2CCc3sccc3C2)CCCCC1. The Morgan fingerprint density at radius 1 is 1.33 bits per heavy atom. The number of aldehydes is 1. The van der Waals surface area contributed by atoms with Crippen molar-refractivity contribution in [2.75, 3.05) is 13.1 Å². The zero-order chi connectivity index (χ0) is 12.4. The molecule has 3 heteroatoms. The summed E-state index contributed by atoms with van der Waals surface area (Å²) in [6.45, 7) is 3.16. The van der Waals surface area contributed by atoms with Gasteiger partial charge in [0.1, 0.15) is 6.29 Å². The number of thiophene rings is 1. The average molecular weight is 263 g/mol. The van der Waals surface area contributed by atoms with Crippen LogP contribution in [0.4, 0.5) is 0 Å². The van der Waals surface area contributed by atoms with E-state index in [1.165, 1.54) is 37.5 Å². The number of carbonyl (C=O) groups excluding carboxylic acids is 1. The van der Waals surface area contributed by atoms with E-state index in [9.17, 15) is 4.79 Å². The van der Waals surface area contributed by atoms with Gasteiger partial charge in [0.2, 0.25) is 0 Å². The normalized spacial score (nSPS) is 23.6. The molecule has 1 aliphatic heterocycles. The predicted octanol–water partition coefficient (Wildman–Crippen LogP) is 3.26. The highest BCUT2D eigenvalue weighted by Crippen LogP contribution is 2.36. The van der Waals surface area contributed by atoms with Crippen LogP contribution in [-0.4, -0.2) is 24.3 Å². The summed E-state index contributed by atoms with van der Waals surface area (Å²) >= 11 is 1.88. The van der Waals surface area contributed by atoms with Crippen molar-refractivity contribution in [2.45, 2.75) is 45.1 Å². The lowest BCUT2D eigenvalue weighted by molar-refractivity contribution is -0.119. The third-order valence-corrected chi connectivity index (χ3v) is 5.55. The molecule has 2 heterocycles. The van der Waals surface area contributed by atoms with Gasteiger partial charge in [0, 0.05) is 29.9 Å². The van der Waals surface area contributed by atoms with Gasteiger partial charge in [-0.3, -0.25) is 4.90 Å². The third kappa shape index (κ3) is 2.39. The first-order valence-corrected chi connectivity index (χ1v) is 7.93. The van der Waals surface area contributed by atoms with E-state index in [1.54, 1.807) is 4.88 Å². The van der Waals surface area contributed by atoms with Crippen LogP contribution < -0.4 is 0 Å². The molecule has 0 spiro atoms. The second-order valence-electron chi connectivity index (χ2n) is 5.87. The second kappa shape index (κ2) is 5.14. The lowest BCUT2D eigenvalue weighted by Crippen LogP contribution is -2.42. The van der Waals surface area contributed by atoms with Crippen LogP contribution in [0.2, 0.25) is 0 Å². The fourth-order valence-corrected chi connectivity index (χ4v) is 4.35. The quantitative estimate of drug-likeness (QED) is 0.780. The van der Waals surface area contributed by atoms with Crippen molar-refractivity contribution in [3.8, 4) is 0 Å². The van der Waals surface area contributed by atoms with Crippen LogP contribution in [0.15, 0.2) is 11.4 Å². The van der Waals surface area contributed by atoms with Crippen molar-refractivity contribution >= 4 is 17.6 Å². The highest BCUT2D eigenvalue weighted by molar-refractivity contribution is 7.10. The number of nitrogens with zero attached hydrogens (tertiary/aromatic N) is 1. The van der Waals surface area contributed by atoms with Crippen molar-refractivity contribution in [1.29, 1.82) is 0 Å². The summed E-state index contributed by atoms with van der Waals surface area (Å²) in [6.07, 6.45) is 8.40. The summed E-state index contributed by atoms with van der Waals surface area (Å²) in [5.41, 5.74) is 1.45. The minimum atomic E-state index is -0.0359. The predicted molar refractivity (Wildman–Crippen MR) is 74.9 cm³/mol. The molecule has 3 rings (SSSR count). The van der Waals surface area contributed by atoms with E-state index >= 15 is 0 Å². The first-order chi connectivity index (χ1) is 8.81. The van der Waals surface area contributed by atoms with Gasteiger partial charge in [0.25, 0.3) is 0 Å². The second-order valence-corrected chi connectivity index (χ2v) is 6.87. The average Bonchev–Trinajstić information content (AvgIpc) is 2.87. The van der Waals surface area contributed by atoms with Gasteiger partial charge in [-0.05, 0) is 36.3 Å². The van der Waals surface area contributed by atoms with Crippen LogP contribution >= 0.6 is 11.3 Å². The number of rotatable bonds is 3. The highest BCUT2D eigenvalue weighted by Gasteiger charge is 2.34. The van der Waals surface area contributed by atoms with E-state index in [1.807, 2.05) is 11.3 Å². The van der Waals surface area contributed by atoms with Gasteiger partial charge in [0.15, 0.2) is 0 Å². The first-order valence-electron chi connectivity index (χ1n) is 7.05. The van der Waals surface area contributed by atoms with E-state index in [0.717, 1.165) is 32.5 Å². The molecule has 0 atom stereocenters. The molecule has 0 radical (unpaired) electrons. The van der Waals surface area contributed by atoms with E-state index in [0.29, 0.717) is 0 Å². The Morgan fingerprint density at radius 2 is 2.17 bits per heavy atom. The van der Waals surface area contributed by atoms with Crippen LogP contribution in [0, 0.1) is 5.41 Å². The largest absolute Gasteiger partial charge is 0.303 e. The Kier molecular flexibility index (Phi) is 3.53. The molecular weight excluding hydrogens is 242 g/mol. The lowest BCUT2D eigenvalue weighted by atomic mass is 9.74. The molecule has 1 saturated carbocycles. The van der Waals surface area contributed by atoms with Gasteiger partial charge in [-0.15, -0.1) is 11.3 Å². The fraction of sp³-hybridized carbons (Fsp3) is 0.667. The van der Waals surface area contributed by atoms with Gasteiger partial charge < -0.3 is 4.79 Å². The molecule has 0 N–H and O–H groups in total. The standard InChI is InChI=1S/C15H21NOS/c17-12-15(6-2-1-3-7-15)11-16-8-4-14-13(10-16)5-9-18-14/h5,9,12H,1-4,6-8,10-11H2. The maximum Gasteiger partial charge on any atom is 0.127 e. The summed E-state index contributed by atoms with van der Waals surface area (Å²) in [4.78, 5) is 15.6. The Bertz CT molecular complexity index is 420. The smallest absolute Gasteiger partial charge is 0.127 e. The first kappa shape index (κ1) is 12.4. The Labute approximate surface area is 113 Å². The summed E-state index contributed by atoms with van der Waals surface area (Å²) in [6, 6.07) is 2.25. The minimum Gasteiger partial charge on any atom is -0.303 e. The highest BCUT2D eigenvalue weighted by atomic mass is 32.1. The maximum atomic E-state index is 11.5. The van der Waals surface area contributed by atoms with Crippen molar-refractivity contribution < 1.29 is 4.79 Å². The zero-order valence-electron chi connectivity index (χ0n) is 10.9. The molecule has 1 aliphatic carbocycles. The molecule has 0 unspecified atom stereocenters. The molecule has 2 aliphatic rings. The van der Waals surface area contributed by atoms with Gasteiger partial charge in [-0.1, -0.05) is 19.3 Å². The molecule has 1 aromatic rings. The number of hydrogen-bond donors (Lipinski definition) is 0. The Morgan fingerprint density at radius 3 is 2.94 bits per heavy atom. The maximum absolute atomic E-state index is 11.5. The molecule has 1 fully saturated rings. The van der Waals surface area contributed by atoms with Crippen LogP contribution in [0.1, 0.15) is 42.5 Å². The number of hydrogen-bond acceptors (Lipinski definition) is 3. The lowest BCUT2D eigenvalue weighted by Gasteiger charge is -2.38. The molecule has 0 aromatic carbocycles. The summed E-state index contributed by atoms with van der Waals surface area (Å²) in [7, 11) is 0. The van der Waals surface area contributed by atoms with Crippen LogP contribution in [-0.2, 0) is 17.8 Å². The van der Waals surface area contributed by atoms with Gasteiger partial charge in [-0.2, -0.15) is 0 Å². The molecule has 0 amide bonds. The zero-order valence-corrected chi connectivity index (χ0v) is 11.7. The van der Waals surface area contributed by atoms with Crippen molar-refractivity contribution in [3.05, 3.63) is 21.9 Å². The minimum absolute atomic E-state index is 0.0359.